The molecule has 0 unspecified atom stereocenters. The number of aryl methyl sites for hydroxylation is 2. The van der Waals surface area contributed by atoms with Crippen LogP contribution in [0.4, 0.5) is 11.6 Å². The van der Waals surface area contributed by atoms with Crippen molar-refractivity contribution < 1.29 is 0 Å². The molecule has 0 radical (unpaired) electrons. The maximum atomic E-state index is 4.52. The van der Waals surface area contributed by atoms with Gasteiger partial charge in [-0.1, -0.05) is 13.8 Å². The van der Waals surface area contributed by atoms with Crippen molar-refractivity contribution in [2.75, 3.05) is 17.2 Å². The standard InChI is InChI=1S/C16H23N5/c1-4-7-18-15-9-16(21-14(5-2)20-15)19-11-13-10-17-8-6-12(13)3/h6,8-10H,4-5,7,11H2,1-3H3,(H2,18,19,20,21). The van der Waals surface area contributed by atoms with Crippen molar-refractivity contribution in [3.05, 3.63) is 41.5 Å². The maximum Gasteiger partial charge on any atom is 0.132 e. The molecule has 0 saturated carbocycles. The third-order valence-corrected chi connectivity index (χ3v) is 3.25. The lowest BCUT2D eigenvalue weighted by Gasteiger charge is -2.11. The quantitative estimate of drug-likeness (QED) is 0.818. The Bertz CT molecular complexity index is 583. The van der Waals surface area contributed by atoms with E-state index in [4.69, 9.17) is 0 Å². The van der Waals surface area contributed by atoms with Gasteiger partial charge >= 0.3 is 0 Å². The van der Waals surface area contributed by atoms with Gasteiger partial charge in [-0.2, -0.15) is 0 Å². The highest BCUT2D eigenvalue weighted by atomic mass is 15.1. The van der Waals surface area contributed by atoms with Crippen molar-refractivity contribution >= 4 is 11.6 Å². The van der Waals surface area contributed by atoms with E-state index in [9.17, 15) is 0 Å². The van der Waals surface area contributed by atoms with Crippen LogP contribution in [-0.4, -0.2) is 21.5 Å². The van der Waals surface area contributed by atoms with Crippen LogP contribution < -0.4 is 10.6 Å². The fraction of sp³-hybridized carbons (Fsp3) is 0.438. The zero-order valence-corrected chi connectivity index (χ0v) is 13.0. The molecule has 2 N–H and O–H groups in total. The van der Waals surface area contributed by atoms with E-state index in [0.717, 1.165) is 36.8 Å². The smallest absolute Gasteiger partial charge is 0.132 e. The average molecular weight is 285 g/mol. The molecule has 5 heteroatoms. The minimum Gasteiger partial charge on any atom is -0.370 e. The largest absolute Gasteiger partial charge is 0.370 e. The first-order chi connectivity index (χ1) is 10.2. The fourth-order valence-corrected chi connectivity index (χ4v) is 1.96. The molecule has 21 heavy (non-hydrogen) atoms. The van der Waals surface area contributed by atoms with Crippen molar-refractivity contribution in [2.45, 2.75) is 40.2 Å². The topological polar surface area (TPSA) is 62.7 Å². The predicted molar refractivity (Wildman–Crippen MR) is 86.5 cm³/mol. The first kappa shape index (κ1) is 15.2. The number of nitrogens with one attached hydrogen (secondary N) is 2. The zero-order valence-electron chi connectivity index (χ0n) is 13.0. The van der Waals surface area contributed by atoms with E-state index in [0.29, 0.717) is 6.54 Å². The van der Waals surface area contributed by atoms with Crippen LogP contribution in [0, 0.1) is 6.92 Å². The van der Waals surface area contributed by atoms with E-state index in [1.807, 2.05) is 24.5 Å². The average Bonchev–Trinajstić information content (AvgIpc) is 2.52. The van der Waals surface area contributed by atoms with Gasteiger partial charge in [0.1, 0.15) is 17.5 Å². The number of anilines is 2. The number of rotatable bonds is 7. The highest BCUT2D eigenvalue weighted by Crippen LogP contribution is 2.14. The summed E-state index contributed by atoms with van der Waals surface area (Å²) in [5.74, 6) is 2.58. The van der Waals surface area contributed by atoms with Gasteiger partial charge in [-0.05, 0) is 30.5 Å². The van der Waals surface area contributed by atoms with E-state index in [-0.39, 0.29) is 0 Å². The van der Waals surface area contributed by atoms with E-state index < -0.39 is 0 Å². The first-order valence-electron chi connectivity index (χ1n) is 7.48. The van der Waals surface area contributed by atoms with E-state index in [2.05, 4.69) is 46.4 Å². The zero-order chi connectivity index (χ0) is 15.1. The monoisotopic (exact) mass is 285 g/mol. The summed E-state index contributed by atoms with van der Waals surface area (Å²) in [7, 11) is 0. The predicted octanol–water partition coefficient (Wildman–Crippen LogP) is 3.18. The molecular formula is C16H23N5. The molecule has 5 nitrogen and oxygen atoms in total. The maximum absolute atomic E-state index is 4.52. The van der Waals surface area contributed by atoms with Crippen molar-refractivity contribution in [2.24, 2.45) is 0 Å². The molecule has 0 bridgehead atoms. The second kappa shape index (κ2) is 7.57. The molecule has 0 fully saturated rings. The Kier molecular flexibility index (Phi) is 5.49. The lowest BCUT2D eigenvalue weighted by molar-refractivity contribution is 0.912. The van der Waals surface area contributed by atoms with Crippen LogP contribution in [0.15, 0.2) is 24.5 Å². The Morgan fingerprint density at radius 2 is 1.86 bits per heavy atom. The van der Waals surface area contributed by atoms with Gasteiger partial charge in [0.25, 0.3) is 0 Å². The molecule has 0 amide bonds. The molecule has 2 aromatic rings. The van der Waals surface area contributed by atoms with Gasteiger partial charge in [-0.3, -0.25) is 4.98 Å². The Balaban J connectivity index is 2.09. The second-order valence-corrected chi connectivity index (χ2v) is 4.99. The molecule has 0 aliphatic rings. The normalized spacial score (nSPS) is 10.4. The van der Waals surface area contributed by atoms with Gasteiger partial charge in [0.15, 0.2) is 0 Å². The number of nitrogens with zero attached hydrogens (tertiary/aromatic N) is 3. The van der Waals surface area contributed by atoms with E-state index in [1.165, 1.54) is 11.1 Å². The summed E-state index contributed by atoms with van der Waals surface area (Å²) >= 11 is 0. The molecule has 0 saturated heterocycles. The summed E-state index contributed by atoms with van der Waals surface area (Å²) in [5.41, 5.74) is 2.41. The lowest BCUT2D eigenvalue weighted by atomic mass is 10.1. The SMILES string of the molecule is CCCNc1cc(NCc2cnccc2C)nc(CC)n1. The van der Waals surface area contributed by atoms with Crippen LogP contribution in [0.2, 0.25) is 0 Å². The molecule has 0 aliphatic heterocycles. The van der Waals surface area contributed by atoms with Crippen LogP contribution >= 0.6 is 0 Å². The van der Waals surface area contributed by atoms with Crippen LogP contribution in [0.3, 0.4) is 0 Å². The molecule has 0 aliphatic carbocycles. The second-order valence-electron chi connectivity index (χ2n) is 4.99. The number of pyridine rings is 1. The highest BCUT2D eigenvalue weighted by Gasteiger charge is 2.04. The van der Waals surface area contributed by atoms with Crippen LogP contribution in [-0.2, 0) is 13.0 Å². The third kappa shape index (κ3) is 4.41. The van der Waals surface area contributed by atoms with Gasteiger partial charge in [-0.15, -0.1) is 0 Å². The Hall–Kier alpha value is -2.17. The van der Waals surface area contributed by atoms with Crippen molar-refractivity contribution in [1.82, 2.24) is 15.0 Å². The molecular weight excluding hydrogens is 262 g/mol. The van der Waals surface area contributed by atoms with Gasteiger partial charge in [0.05, 0.1) is 0 Å². The van der Waals surface area contributed by atoms with Crippen molar-refractivity contribution in [3.63, 3.8) is 0 Å². The number of hydrogen-bond donors (Lipinski definition) is 2. The van der Waals surface area contributed by atoms with Gasteiger partial charge < -0.3 is 10.6 Å². The molecule has 112 valence electrons. The molecule has 0 aromatic carbocycles. The summed E-state index contributed by atoms with van der Waals surface area (Å²) in [5, 5.41) is 6.68. The molecule has 2 rings (SSSR count). The first-order valence-corrected chi connectivity index (χ1v) is 7.48. The summed E-state index contributed by atoms with van der Waals surface area (Å²) in [4.78, 5) is 13.2. The summed E-state index contributed by atoms with van der Waals surface area (Å²) in [6, 6.07) is 3.98. The Morgan fingerprint density at radius 3 is 2.52 bits per heavy atom. The van der Waals surface area contributed by atoms with Crippen LogP contribution in [0.5, 0.6) is 0 Å². The summed E-state index contributed by atoms with van der Waals surface area (Å²) in [6.45, 7) is 7.92. The van der Waals surface area contributed by atoms with Crippen molar-refractivity contribution in [1.29, 1.82) is 0 Å². The summed E-state index contributed by atoms with van der Waals surface area (Å²) < 4.78 is 0. The molecule has 2 aromatic heterocycles. The van der Waals surface area contributed by atoms with Crippen molar-refractivity contribution in [3.8, 4) is 0 Å². The van der Waals surface area contributed by atoms with Gasteiger partial charge in [0, 0.05) is 38.0 Å². The number of hydrogen-bond acceptors (Lipinski definition) is 5. The highest BCUT2D eigenvalue weighted by molar-refractivity contribution is 5.48. The molecule has 2 heterocycles. The van der Waals surface area contributed by atoms with E-state index >= 15 is 0 Å². The minimum atomic E-state index is 0.715. The molecule has 0 atom stereocenters. The van der Waals surface area contributed by atoms with Crippen LogP contribution in [0.25, 0.3) is 0 Å². The van der Waals surface area contributed by atoms with E-state index in [1.54, 1.807) is 0 Å². The van der Waals surface area contributed by atoms with Gasteiger partial charge in [-0.25, -0.2) is 9.97 Å². The minimum absolute atomic E-state index is 0.715. The number of aromatic nitrogens is 3. The molecule has 0 spiro atoms. The summed E-state index contributed by atoms with van der Waals surface area (Å²) in [6.07, 6.45) is 5.59. The fourth-order valence-electron chi connectivity index (χ4n) is 1.96. The Labute approximate surface area is 126 Å². The Morgan fingerprint density at radius 1 is 1.10 bits per heavy atom. The third-order valence-electron chi connectivity index (χ3n) is 3.25. The van der Waals surface area contributed by atoms with Crippen LogP contribution in [0.1, 0.15) is 37.2 Å². The van der Waals surface area contributed by atoms with Gasteiger partial charge in [0.2, 0.25) is 0 Å². The lowest BCUT2D eigenvalue weighted by Crippen LogP contribution is -2.09.